The van der Waals surface area contributed by atoms with Crippen molar-refractivity contribution in [3.05, 3.63) is 88.9 Å². The van der Waals surface area contributed by atoms with Gasteiger partial charge in [-0.1, -0.05) is 24.3 Å². The molecule has 0 aliphatic heterocycles. The number of rotatable bonds is 6. The van der Waals surface area contributed by atoms with Gasteiger partial charge in [0.25, 0.3) is 5.91 Å². The maximum atomic E-state index is 12.8. The number of benzene rings is 2. The Morgan fingerprint density at radius 3 is 2.60 bits per heavy atom. The first-order chi connectivity index (χ1) is 14.6. The highest BCUT2D eigenvalue weighted by molar-refractivity contribution is 5.91. The largest absolute Gasteiger partial charge is 0.484 e. The maximum Gasteiger partial charge on any atom is 0.263 e. The highest BCUT2D eigenvalue weighted by atomic mass is 16.5. The Kier molecular flexibility index (Phi) is 5.43. The lowest BCUT2D eigenvalue weighted by molar-refractivity contribution is -0.118. The fourth-order valence-corrected chi connectivity index (χ4v) is 2.85. The molecule has 150 valence electrons. The van der Waals surface area contributed by atoms with Gasteiger partial charge in [0.1, 0.15) is 28.7 Å². The van der Waals surface area contributed by atoms with Crippen LogP contribution in [0.3, 0.4) is 0 Å². The molecule has 7 nitrogen and oxygen atoms in total. The van der Waals surface area contributed by atoms with Crippen LogP contribution < -0.4 is 20.2 Å². The van der Waals surface area contributed by atoms with Crippen LogP contribution >= 0.6 is 0 Å². The molecule has 2 aromatic carbocycles. The molecule has 0 fully saturated rings. The Morgan fingerprint density at radius 2 is 1.83 bits per heavy atom. The summed E-state index contributed by atoms with van der Waals surface area (Å²) in [5.74, 6) is 1.53. The van der Waals surface area contributed by atoms with E-state index >= 15 is 0 Å². The number of hydrogen-bond acceptors (Lipinski definition) is 6. The number of hydrogen-bond donors (Lipinski definition) is 1. The fourth-order valence-electron chi connectivity index (χ4n) is 2.85. The molecule has 0 atom stereocenters. The van der Waals surface area contributed by atoms with E-state index in [0.717, 1.165) is 0 Å². The predicted octanol–water partition coefficient (Wildman–Crippen LogP) is 4.31. The van der Waals surface area contributed by atoms with Crippen LogP contribution in [-0.2, 0) is 4.79 Å². The van der Waals surface area contributed by atoms with Crippen LogP contribution in [0.2, 0.25) is 0 Å². The zero-order valence-electron chi connectivity index (χ0n) is 16.1. The highest BCUT2D eigenvalue weighted by Crippen LogP contribution is 2.27. The van der Waals surface area contributed by atoms with Gasteiger partial charge in [0, 0.05) is 12.3 Å². The second-order valence-corrected chi connectivity index (χ2v) is 6.44. The molecule has 1 N–H and O–H groups in total. The minimum Gasteiger partial charge on any atom is -0.484 e. The average molecular weight is 402 g/mol. The fraction of sp³-hybridized carbons (Fsp3) is 0.0870. The summed E-state index contributed by atoms with van der Waals surface area (Å²) in [6.45, 7) is 1.45. The number of para-hydroxylation sites is 1. The molecule has 7 heteroatoms. The van der Waals surface area contributed by atoms with Crippen LogP contribution in [0.15, 0.2) is 82.1 Å². The van der Waals surface area contributed by atoms with Crippen LogP contribution in [0.1, 0.15) is 5.76 Å². The number of carbonyl (C=O) groups excluding carboxylic acids is 1. The second-order valence-electron chi connectivity index (χ2n) is 6.44. The quantitative estimate of drug-likeness (QED) is 0.517. The molecular formula is C23H18N2O5. The number of carbonyl (C=O) groups is 1. The van der Waals surface area contributed by atoms with Crippen molar-refractivity contribution in [2.75, 3.05) is 11.9 Å². The van der Waals surface area contributed by atoms with Crippen LogP contribution in [0.25, 0.3) is 11.0 Å². The number of aromatic nitrogens is 1. The van der Waals surface area contributed by atoms with Crippen molar-refractivity contribution in [1.82, 2.24) is 4.98 Å². The van der Waals surface area contributed by atoms with Gasteiger partial charge in [-0.2, -0.15) is 0 Å². The van der Waals surface area contributed by atoms with Gasteiger partial charge < -0.3 is 19.2 Å². The normalized spacial score (nSPS) is 10.6. The van der Waals surface area contributed by atoms with E-state index < -0.39 is 0 Å². The summed E-state index contributed by atoms with van der Waals surface area (Å²) >= 11 is 0. The molecule has 0 aliphatic carbocycles. The second kappa shape index (κ2) is 8.48. The van der Waals surface area contributed by atoms with E-state index in [1.165, 1.54) is 0 Å². The third-order valence-electron chi connectivity index (χ3n) is 4.25. The number of aryl methyl sites for hydroxylation is 1. The number of ether oxygens (including phenoxy) is 2. The Hall–Kier alpha value is -4.13. The monoisotopic (exact) mass is 402 g/mol. The average Bonchev–Trinajstić information content (AvgIpc) is 2.76. The minimum absolute atomic E-state index is 0.136. The van der Waals surface area contributed by atoms with Crippen molar-refractivity contribution in [3.8, 4) is 17.2 Å². The van der Waals surface area contributed by atoms with Gasteiger partial charge in [-0.25, -0.2) is 4.98 Å². The van der Waals surface area contributed by atoms with E-state index in [4.69, 9.17) is 13.9 Å². The highest BCUT2D eigenvalue weighted by Gasteiger charge is 2.15. The van der Waals surface area contributed by atoms with E-state index in [-0.39, 0.29) is 23.7 Å². The summed E-state index contributed by atoms with van der Waals surface area (Å²) < 4.78 is 17.0. The van der Waals surface area contributed by atoms with Crippen LogP contribution in [-0.4, -0.2) is 17.5 Å². The minimum atomic E-state index is -0.349. The molecule has 2 heterocycles. The number of nitrogens with one attached hydrogen (secondary N) is 1. The van der Waals surface area contributed by atoms with Gasteiger partial charge in [-0.3, -0.25) is 9.59 Å². The van der Waals surface area contributed by atoms with Gasteiger partial charge in [0.15, 0.2) is 6.61 Å². The first-order valence-corrected chi connectivity index (χ1v) is 9.24. The smallest absolute Gasteiger partial charge is 0.263 e. The Bertz CT molecular complexity index is 1240. The van der Waals surface area contributed by atoms with Crippen molar-refractivity contribution in [1.29, 1.82) is 0 Å². The predicted molar refractivity (Wildman–Crippen MR) is 112 cm³/mol. The Labute approximate surface area is 171 Å². The van der Waals surface area contributed by atoms with Crippen molar-refractivity contribution in [3.63, 3.8) is 0 Å². The maximum absolute atomic E-state index is 12.8. The molecule has 0 spiro atoms. The van der Waals surface area contributed by atoms with Crippen LogP contribution in [0.4, 0.5) is 5.82 Å². The number of nitrogens with zero attached hydrogens (tertiary/aromatic N) is 1. The molecule has 0 saturated heterocycles. The van der Waals surface area contributed by atoms with Gasteiger partial charge in [0.05, 0.1) is 5.39 Å². The molecule has 4 rings (SSSR count). The Morgan fingerprint density at radius 1 is 1.03 bits per heavy atom. The van der Waals surface area contributed by atoms with Gasteiger partial charge >= 0.3 is 0 Å². The van der Waals surface area contributed by atoms with Crippen LogP contribution in [0.5, 0.6) is 17.2 Å². The van der Waals surface area contributed by atoms with E-state index in [9.17, 15) is 9.59 Å². The molecule has 0 bridgehead atoms. The molecule has 0 unspecified atom stereocenters. The van der Waals surface area contributed by atoms with Crippen molar-refractivity contribution in [2.45, 2.75) is 6.92 Å². The third-order valence-corrected chi connectivity index (χ3v) is 4.25. The molecule has 0 saturated carbocycles. The molecule has 1 amide bonds. The summed E-state index contributed by atoms with van der Waals surface area (Å²) in [5, 5.41) is 2.99. The molecule has 30 heavy (non-hydrogen) atoms. The summed E-state index contributed by atoms with van der Waals surface area (Å²) in [7, 11) is 0. The summed E-state index contributed by atoms with van der Waals surface area (Å²) in [5.41, 5.74) is 0.0672. The summed E-state index contributed by atoms with van der Waals surface area (Å²) in [6.07, 6.45) is 1.58. The van der Waals surface area contributed by atoms with Crippen molar-refractivity contribution in [2.24, 2.45) is 0 Å². The molecule has 0 radical (unpaired) electrons. The SMILES string of the molecule is Cc1oc2cc(OCC(=O)Nc3ccccn3)ccc2c(=O)c1Oc1ccccc1. The number of fused-ring (bicyclic) bond motifs is 1. The molecule has 4 aromatic rings. The summed E-state index contributed by atoms with van der Waals surface area (Å²) in [6, 6.07) is 19.0. The number of anilines is 1. The third kappa shape index (κ3) is 4.30. The molecular weight excluding hydrogens is 384 g/mol. The standard InChI is InChI=1S/C23H18N2O5/c1-15-23(30-16-7-3-2-4-8-16)22(27)18-11-10-17(13-19(18)29-15)28-14-21(26)25-20-9-5-6-12-24-20/h2-13H,14H2,1H3,(H,24,25,26). The van der Waals surface area contributed by atoms with Crippen molar-refractivity contribution < 1.29 is 18.7 Å². The van der Waals surface area contributed by atoms with E-state index in [0.29, 0.717) is 34.0 Å². The zero-order valence-corrected chi connectivity index (χ0v) is 16.1. The van der Waals surface area contributed by atoms with Crippen molar-refractivity contribution >= 4 is 22.7 Å². The first kappa shape index (κ1) is 19.2. The van der Waals surface area contributed by atoms with Gasteiger partial charge in [0.2, 0.25) is 11.2 Å². The Balaban J connectivity index is 1.51. The number of pyridine rings is 1. The lowest BCUT2D eigenvalue weighted by Crippen LogP contribution is -2.20. The molecule has 0 aliphatic rings. The van der Waals surface area contributed by atoms with Gasteiger partial charge in [-0.15, -0.1) is 0 Å². The molecule has 2 aromatic heterocycles. The zero-order chi connectivity index (χ0) is 20.9. The topological polar surface area (TPSA) is 90.7 Å². The lowest BCUT2D eigenvalue weighted by atomic mass is 10.2. The van der Waals surface area contributed by atoms with Gasteiger partial charge in [-0.05, 0) is 43.3 Å². The van der Waals surface area contributed by atoms with E-state index in [1.54, 1.807) is 61.7 Å². The first-order valence-electron chi connectivity index (χ1n) is 9.24. The van der Waals surface area contributed by atoms with E-state index in [2.05, 4.69) is 10.3 Å². The van der Waals surface area contributed by atoms with Crippen LogP contribution in [0, 0.1) is 6.92 Å². The number of amides is 1. The summed E-state index contributed by atoms with van der Waals surface area (Å²) in [4.78, 5) is 28.9. The lowest BCUT2D eigenvalue weighted by Gasteiger charge is -2.10. The van der Waals surface area contributed by atoms with E-state index in [1.807, 2.05) is 18.2 Å².